The Labute approximate surface area is 125 Å². The summed E-state index contributed by atoms with van der Waals surface area (Å²) < 4.78 is 0. The minimum absolute atomic E-state index is 0.235. The number of Topliss-reactive ketones (excluding diaryl/α,β-unsaturated/α-hetero) is 1. The van der Waals surface area contributed by atoms with Crippen LogP contribution in [0.3, 0.4) is 0 Å². The maximum absolute atomic E-state index is 12.2. The van der Waals surface area contributed by atoms with Gasteiger partial charge in [0.1, 0.15) is 5.84 Å². The smallest absolute Gasteiger partial charge is 0.163 e. The second-order valence-electron chi connectivity index (χ2n) is 5.36. The number of amidine groups is 1. The molecule has 0 atom stereocenters. The summed E-state index contributed by atoms with van der Waals surface area (Å²) in [5.41, 5.74) is 5.85. The monoisotopic (exact) mass is 286 g/mol. The molecule has 0 fully saturated rings. The topological polar surface area (TPSA) is 61.7 Å². The Balaban J connectivity index is 2.35. The summed E-state index contributed by atoms with van der Waals surface area (Å²) in [4.78, 5) is 16.4. The number of nitrogens with one attached hydrogen (secondary N) is 1. The van der Waals surface area contributed by atoms with Crippen LogP contribution in [0.4, 0.5) is 5.69 Å². The summed E-state index contributed by atoms with van der Waals surface area (Å²) >= 11 is 0. The van der Waals surface area contributed by atoms with Gasteiger partial charge in [-0.15, -0.1) is 0 Å². The quantitative estimate of drug-likeness (QED) is 0.488. The van der Waals surface area contributed by atoms with Crippen LogP contribution in [0, 0.1) is 0 Å². The fourth-order valence-corrected chi connectivity index (χ4v) is 2.67. The number of allylic oxidation sites excluding steroid dienone is 2. The van der Waals surface area contributed by atoms with Gasteiger partial charge in [0.2, 0.25) is 0 Å². The van der Waals surface area contributed by atoms with Crippen LogP contribution in [0.1, 0.15) is 51.5 Å². The van der Waals surface area contributed by atoms with Crippen molar-refractivity contribution in [3.05, 3.63) is 35.4 Å². The standard InChI is InChI=1S/C17H22N2O2/c1-3-4-6-13-9-10-16(20)17(13)14-7-5-8-15(11-14)18-12(2)19-21/h5,7-8,11,21H,3-4,6,9-10H2,1-2H3,(H,18,19). The van der Waals surface area contributed by atoms with Crippen LogP contribution in [-0.2, 0) is 4.79 Å². The molecule has 0 amide bonds. The van der Waals surface area contributed by atoms with Gasteiger partial charge >= 0.3 is 0 Å². The number of carbonyl (C=O) groups is 1. The van der Waals surface area contributed by atoms with Crippen molar-refractivity contribution in [1.29, 1.82) is 0 Å². The Morgan fingerprint density at radius 3 is 2.90 bits per heavy atom. The van der Waals surface area contributed by atoms with Crippen LogP contribution in [0.25, 0.3) is 5.57 Å². The summed E-state index contributed by atoms with van der Waals surface area (Å²) in [5.74, 6) is 0.657. The number of nitrogens with zero attached hydrogens (tertiary/aromatic N) is 1. The van der Waals surface area contributed by atoms with E-state index in [4.69, 9.17) is 5.21 Å². The molecular weight excluding hydrogens is 264 g/mol. The Kier molecular flexibility index (Phi) is 5.28. The van der Waals surface area contributed by atoms with Gasteiger partial charge in [-0.2, -0.15) is 0 Å². The van der Waals surface area contributed by atoms with Crippen LogP contribution in [0.2, 0.25) is 0 Å². The van der Waals surface area contributed by atoms with E-state index in [2.05, 4.69) is 11.9 Å². The van der Waals surface area contributed by atoms with Gasteiger partial charge in [-0.3, -0.25) is 15.5 Å². The molecule has 4 heteroatoms. The molecule has 0 bridgehead atoms. The minimum atomic E-state index is 0.235. The molecule has 0 aromatic heterocycles. The fourth-order valence-electron chi connectivity index (χ4n) is 2.67. The third-order valence-corrected chi connectivity index (χ3v) is 3.71. The summed E-state index contributed by atoms with van der Waals surface area (Å²) in [6.07, 6.45) is 4.77. The van der Waals surface area contributed by atoms with Gasteiger partial charge < -0.3 is 0 Å². The summed E-state index contributed by atoms with van der Waals surface area (Å²) in [7, 11) is 0. The highest BCUT2D eigenvalue weighted by molar-refractivity contribution is 6.23. The largest absolute Gasteiger partial charge is 0.294 e. The van der Waals surface area contributed by atoms with Crippen molar-refractivity contribution < 1.29 is 10.0 Å². The van der Waals surface area contributed by atoms with Crippen molar-refractivity contribution in [2.45, 2.75) is 46.0 Å². The summed E-state index contributed by atoms with van der Waals surface area (Å²) in [6, 6.07) is 7.63. The Morgan fingerprint density at radius 1 is 1.38 bits per heavy atom. The number of hydrogen-bond acceptors (Lipinski definition) is 3. The number of aliphatic imine (C=N–C) groups is 1. The van der Waals surface area contributed by atoms with E-state index in [1.807, 2.05) is 29.7 Å². The lowest BCUT2D eigenvalue weighted by Gasteiger charge is -2.07. The van der Waals surface area contributed by atoms with E-state index < -0.39 is 0 Å². The molecule has 1 aliphatic rings. The third kappa shape index (κ3) is 3.79. The number of unbranched alkanes of at least 4 members (excludes halogenated alkanes) is 1. The predicted octanol–water partition coefficient (Wildman–Crippen LogP) is 4.02. The second-order valence-corrected chi connectivity index (χ2v) is 5.36. The highest BCUT2D eigenvalue weighted by atomic mass is 16.5. The molecule has 2 rings (SSSR count). The molecule has 0 radical (unpaired) electrons. The van der Waals surface area contributed by atoms with Crippen molar-refractivity contribution >= 4 is 22.9 Å². The Bertz CT molecular complexity index is 588. The number of benzene rings is 1. The predicted molar refractivity (Wildman–Crippen MR) is 84.8 cm³/mol. The number of rotatable bonds is 5. The van der Waals surface area contributed by atoms with Gasteiger partial charge in [0.15, 0.2) is 5.78 Å². The summed E-state index contributed by atoms with van der Waals surface area (Å²) in [5, 5.41) is 8.81. The van der Waals surface area contributed by atoms with Gasteiger partial charge in [-0.05, 0) is 43.9 Å². The molecule has 0 saturated carbocycles. The van der Waals surface area contributed by atoms with Crippen LogP contribution < -0.4 is 5.48 Å². The molecule has 112 valence electrons. The molecule has 0 spiro atoms. The first-order valence-electron chi connectivity index (χ1n) is 7.46. The lowest BCUT2D eigenvalue weighted by Crippen LogP contribution is -2.13. The highest BCUT2D eigenvalue weighted by Gasteiger charge is 2.23. The molecule has 21 heavy (non-hydrogen) atoms. The molecule has 0 saturated heterocycles. The third-order valence-electron chi connectivity index (χ3n) is 3.71. The molecule has 0 unspecified atom stereocenters. The molecule has 1 aliphatic carbocycles. The lowest BCUT2D eigenvalue weighted by atomic mass is 9.98. The first-order chi connectivity index (χ1) is 10.2. The molecule has 1 aromatic carbocycles. The zero-order valence-corrected chi connectivity index (χ0v) is 12.6. The van der Waals surface area contributed by atoms with Gasteiger partial charge in [-0.25, -0.2) is 4.99 Å². The van der Waals surface area contributed by atoms with E-state index >= 15 is 0 Å². The first-order valence-corrected chi connectivity index (χ1v) is 7.46. The van der Waals surface area contributed by atoms with E-state index in [0.29, 0.717) is 12.3 Å². The van der Waals surface area contributed by atoms with E-state index in [-0.39, 0.29) is 5.78 Å². The van der Waals surface area contributed by atoms with Crippen molar-refractivity contribution in [3.63, 3.8) is 0 Å². The van der Waals surface area contributed by atoms with Gasteiger partial charge in [0.25, 0.3) is 0 Å². The number of carbonyl (C=O) groups excluding carboxylic acids is 1. The van der Waals surface area contributed by atoms with E-state index in [0.717, 1.165) is 42.5 Å². The fraction of sp³-hybridized carbons (Fsp3) is 0.412. The number of ketones is 1. The summed E-state index contributed by atoms with van der Waals surface area (Å²) in [6.45, 7) is 3.84. The molecule has 1 aromatic rings. The molecule has 4 nitrogen and oxygen atoms in total. The minimum Gasteiger partial charge on any atom is -0.294 e. The van der Waals surface area contributed by atoms with E-state index in [1.165, 1.54) is 5.57 Å². The molecule has 2 N–H and O–H groups in total. The van der Waals surface area contributed by atoms with Crippen molar-refractivity contribution in [3.8, 4) is 0 Å². The molecule has 0 heterocycles. The average molecular weight is 286 g/mol. The van der Waals surface area contributed by atoms with Crippen LogP contribution in [0.15, 0.2) is 34.8 Å². The van der Waals surface area contributed by atoms with Gasteiger partial charge in [0.05, 0.1) is 5.69 Å². The number of hydrogen-bond donors (Lipinski definition) is 2. The first kappa shape index (κ1) is 15.4. The average Bonchev–Trinajstić information content (AvgIpc) is 2.86. The maximum atomic E-state index is 12.2. The second kappa shape index (κ2) is 7.18. The van der Waals surface area contributed by atoms with Gasteiger partial charge in [0, 0.05) is 12.0 Å². The Hall–Kier alpha value is -1.94. The van der Waals surface area contributed by atoms with E-state index in [9.17, 15) is 4.79 Å². The molecule has 0 aliphatic heterocycles. The number of hydroxylamine groups is 1. The van der Waals surface area contributed by atoms with Crippen molar-refractivity contribution in [2.75, 3.05) is 0 Å². The van der Waals surface area contributed by atoms with Crippen molar-refractivity contribution in [1.82, 2.24) is 5.48 Å². The lowest BCUT2D eigenvalue weighted by molar-refractivity contribution is -0.113. The highest BCUT2D eigenvalue weighted by Crippen LogP contribution is 2.35. The van der Waals surface area contributed by atoms with Gasteiger partial charge in [-0.1, -0.05) is 31.1 Å². The van der Waals surface area contributed by atoms with Crippen molar-refractivity contribution in [2.24, 2.45) is 4.99 Å². The zero-order valence-electron chi connectivity index (χ0n) is 12.6. The van der Waals surface area contributed by atoms with Crippen LogP contribution in [-0.4, -0.2) is 16.8 Å². The molecular formula is C17H22N2O2. The van der Waals surface area contributed by atoms with Crippen LogP contribution in [0.5, 0.6) is 0 Å². The Morgan fingerprint density at radius 2 is 2.19 bits per heavy atom. The van der Waals surface area contributed by atoms with E-state index in [1.54, 1.807) is 6.92 Å². The maximum Gasteiger partial charge on any atom is 0.163 e. The normalized spacial score (nSPS) is 15.8. The SMILES string of the molecule is CCCCC1=C(c2cccc(N=C(C)NO)c2)C(=O)CC1. The zero-order chi connectivity index (χ0) is 15.2. The van der Waals surface area contributed by atoms with Crippen LogP contribution >= 0.6 is 0 Å².